The first-order chi connectivity index (χ1) is 26.7. The highest BCUT2D eigenvalue weighted by molar-refractivity contribution is 6.00. The summed E-state index contributed by atoms with van der Waals surface area (Å²) in [5.41, 5.74) is 11.5. The van der Waals surface area contributed by atoms with Gasteiger partial charge in [0.15, 0.2) is 17.5 Å². The third-order valence-electron chi connectivity index (χ3n) is 13.7. The van der Waals surface area contributed by atoms with Gasteiger partial charge in [-0.3, -0.25) is 0 Å². The summed E-state index contributed by atoms with van der Waals surface area (Å²) >= 11 is 0. The van der Waals surface area contributed by atoms with Gasteiger partial charge < -0.3 is 0 Å². The van der Waals surface area contributed by atoms with E-state index in [1.54, 1.807) is 11.1 Å². The van der Waals surface area contributed by atoms with Crippen molar-refractivity contribution in [2.24, 2.45) is 23.7 Å². The average Bonchev–Trinajstić information content (AvgIpc) is 3.53. The number of benzene rings is 7. The summed E-state index contributed by atoms with van der Waals surface area (Å²) in [5.74, 6) is 5.30. The molecule has 1 aromatic heterocycles. The molecule has 8 aromatic rings. The van der Waals surface area contributed by atoms with Crippen molar-refractivity contribution < 1.29 is 0 Å². The molecule has 258 valence electrons. The lowest BCUT2D eigenvalue weighted by molar-refractivity contribution is -0.0393. The van der Waals surface area contributed by atoms with Crippen molar-refractivity contribution in [3.8, 4) is 56.4 Å². The van der Waals surface area contributed by atoms with E-state index in [9.17, 15) is 0 Å². The van der Waals surface area contributed by atoms with Crippen LogP contribution >= 0.6 is 0 Å². The lowest BCUT2D eigenvalue weighted by Crippen LogP contribution is -2.55. The molecule has 4 fully saturated rings. The quantitative estimate of drug-likeness (QED) is 0.184. The van der Waals surface area contributed by atoms with Gasteiger partial charge in [-0.25, -0.2) is 15.0 Å². The van der Waals surface area contributed by atoms with Crippen molar-refractivity contribution in [3.63, 3.8) is 0 Å². The van der Waals surface area contributed by atoms with Crippen LogP contribution in [0.25, 0.3) is 78.0 Å². The molecule has 7 aromatic carbocycles. The number of aromatic nitrogens is 3. The normalized spacial score (nSPS) is 23.3. The number of hydrogen-bond acceptors (Lipinski definition) is 3. The lowest BCUT2D eigenvalue weighted by Gasteiger charge is -2.61. The fraction of sp³-hybridized carbons (Fsp3) is 0.196. The summed E-state index contributed by atoms with van der Waals surface area (Å²) in [6.45, 7) is 0. The molecule has 4 saturated carbocycles. The lowest BCUT2D eigenvalue weighted by atomic mass is 9.43. The first-order valence-corrected chi connectivity index (χ1v) is 19.8. The second kappa shape index (κ2) is 11.5. The summed E-state index contributed by atoms with van der Waals surface area (Å²) < 4.78 is 0. The second-order valence-corrected chi connectivity index (χ2v) is 16.4. The van der Waals surface area contributed by atoms with Gasteiger partial charge in [0.1, 0.15) is 0 Å². The maximum Gasteiger partial charge on any atom is 0.164 e. The fourth-order valence-electron chi connectivity index (χ4n) is 11.7. The molecular formula is C51H39N3. The van der Waals surface area contributed by atoms with Gasteiger partial charge in [-0.1, -0.05) is 146 Å². The van der Waals surface area contributed by atoms with E-state index < -0.39 is 0 Å². The molecule has 0 atom stereocenters. The molecule has 0 unspecified atom stereocenters. The third-order valence-corrected chi connectivity index (χ3v) is 13.7. The monoisotopic (exact) mass is 693 g/mol. The minimum absolute atomic E-state index is 0.0797. The summed E-state index contributed by atoms with van der Waals surface area (Å²) in [4.78, 5) is 15.8. The molecule has 13 rings (SSSR count). The Morgan fingerprint density at radius 2 is 0.963 bits per heavy atom. The molecule has 5 aliphatic rings. The standard InChI is InChI=1S/C51H39N3/c1-2-9-33(10-3-1)34-17-20-37(21-18-34)48-52-49(54-50(53-48)44-15-8-12-35-11-4-5-13-41(35)44)38-22-19-36-23-24-43-42-14-6-7-16-46(42)51(47(43)45(36)30-38)39-26-31-25-32(28-39)29-40(51)27-31/h1-24,30-32,39-40H,25-29H2. The van der Waals surface area contributed by atoms with Crippen molar-refractivity contribution in [3.05, 3.63) is 163 Å². The van der Waals surface area contributed by atoms with Gasteiger partial charge in [0, 0.05) is 22.1 Å². The topological polar surface area (TPSA) is 38.7 Å². The molecule has 1 heterocycles. The van der Waals surface area contributed by atoms with E-state index in [1.165, 1.54) is 70.5 Å². The maximum atomic E-state index is 5.31. The molecule has 0 aliphatic heterocycles. The van der Waals surface area contributed by atoms with Crippen LogP contribution in [-0.2, 0) is 5.41 Å². The zero-order valence-corrected chi connectivity index (χ0v) is 30.1. The van der Waals surface area contributed by atoms with E-state index in [0.29, 0.717) is 29.3 Å². The van der Waals surface area contributed by atoms with Gasteiger partial charge in [-0.15, -0.1) is 0 Å². The molecular weight excluding hydrogens is 655 g/mol. The average molecular weight is 694 g/mol. The van der Waals surface area contributed by atoms with Crippen molar-refractivity contribution in [1.29, 1.82) is 0 Å². The first-order valence-electron chi connectivity index (χ1n) is 19.8. The van der Waals surface area contributed by atoms with Crippen molar-refractivity contribution in [2.45, 2.75) is 37.5 Å². The maximum absolute atomic E-state index is 5.31. The van der Waals surface area contributed by atoms with Gasteiger partial charge in [-0.05, 0) is 117 Å². The van der Waals surface area contributed by atoms with Gasteiger partial charge in [0.05, 0.1) is 0 Å². The summed E-state index contributed by atoms with van der Waals surface area (Å²) in [6, 6.07) is 55.2. The molecule has 0 N–H and O–H groups in total. The van der Waals surface area contributed by atoms with Crippen molar-refractivity contribution in [1.82, 2.24) is 15.0 Å². The number of fused-ring (bicyclic) bond motifs is 6. The van der Waals surface area contributed by atoms with Crippen molar-refractivity contribution >= 4 is 21.5 Å². The van der Waals surface area contributed by atoms with Crippen LogP contribution in [0.1, 0.15) is 43.2 Å². The Bertz CT molecular complexity index is 2750. The third kappa shape index (κ3) is 4.39. The van der Waals surface area contributed by atoms with Crippen LogP contribution < -0.4 is 0 Å². The Morgan fingerprint density at radius 1 is 0.389 bits per heavy atom. The van der Waals surface area contributed by atoms with E-state index in [0.717, 1.165) is 33.9 Å². The molecule has 0 amide bonds. The largest absolute Gasteiger partial charge is 0.208 e. The number of hydrogen-bond donors (Lipinski definition) is 0. The Kier molecular flexibility index (Phi) is 6.52. The van der Waals surface area contributed by atoms with Gasteiger partial charge in [0.2, 0.25) is 0 Å². The van der Waals surface area contributed by atoms with Crippen LogP contribution in [0.3, 0.4) is 0 Å². The van der Waals surface area contributed by atoms with Crippen LogP contribution in [0, 0.1) is 23.7 Å². The zero-order valence-electron chi connectivity index (χ0n) is 30.1. The number of rotatable bonds is 4. The SMILES string of the molecule is c1ccc(-c2ccc(-c3nc(-c4ccc5ccc6c(c5c4)C4(c5ccccc5-6)C5CC6CC(C5)CC4C6)nc(-c4cccc5ccccc45)n3)cc2)cc1. The molecule has 5 aliphatic carbocycles. The first kappa shape index (κ1) is 30.5. The van der Waals surface area contributed by atoms with E-state index >= 15 is 0 Å². The Balaban J connectivity index is 1.07. The number of nitrogens with zero attached hydrogens (tertiary/aromatic N) is 3. The molecule has 1 spiro atoms. The van der Waals surface area contributed by atoms with E-state index in [1.807, 2.05) is 0 Å². The summed E-state index contributed by atoms with van der Waals surface area (Å²) in [7, 11) is 0. The molecule has 0 saturated heterocycles. The minimum Gasteiger partial charge on any atom is -0.208 e. The molecule has 54 heavy (non-hydrogen) atoms. The predicted octanol–water partition coefficient (Wildman–Crippen LogP) is 12.6. The van der Waals surface area contributed by atoms with E-state index in [-0.39, 0.29) is 5.41 Å². The highest BCUT2D eigenvalue weighted by atomic mass is 15.0. The van der Waals surface area contributed by atoms with E-state index in [4.69, 9.17) is 15.0 Å². The molecule has 3 heteroatoms. The highest BCUT2D eigenvalue weighted by Crippen LogP contribution is 2.70. The summed E-state index contributed by atoms with van der Waals surface area (Å²) in [5, 5.41) is 4.99. The van der Waals surface area contributed by atoms with Gasteiger partial charge in [-0.2, -0.15) is 0 Å². The molecule has 4 bridgehead atoms. The van der Waals surface area contributed by atoms with Gasteiger partial charge >= 0.3 is 0 Å². The fourth-order valence-corrected chi connectivity index (χ4v) is 11.7. The van der Waals surface area contributed by atoms with Crippen LogP contribution in [0.4, 0.5) is 0 Å². The Hall–Kier alpha value is -5.93. The molecule has 0 radical (unpaired) electrons. The smallest absolute Gasteiger partial charge is 0.164 e. The second-order valence-electron chi connectivity index (χ2n) is 16.4. The predicted molar refractivity (Wildman–Crippen MR) is 220 cm³/mol. The Morgan fingerprint density at radius 3 is 1.78 bits per heavy atom. The van der Waals surface area contributed by atoms with E-state index in [2.05, 4.69) is 152 Å². The van der Waals surface area contributed by atoms with Crippen LogP contribution in [0.15, 0.2) is 152 Å². The van der Waals surface area contributed by atoms with Crippen LogP contribution in [-0.4, -0.2) is 15.0 Å². The van der Waals surface area contributed by atoms with Gasteiger partial charge in [0.25, 0.3) is 0 Å². The molecule has 3 nitrogen and oxygen atoms in total. The Labute approximate surface area is 315 Å². The highest BCUT2D eigenvalue weighted by Gasteiger charge is 2.61. The van der Waals surface area contributed by atoms with Crippen LogP contribution in [0.5, 0.6) is 0 Å². The minimum atomic E-state index is 0.0797. The summed E-state index contributed by atoms with van der Waals surface area (Å²) in [6.07, 6.45) is 6.92. The van der Waals surface area contributed by atoms with Crippen molar-refractivity contribution in [2.75, 3.05) is 0 Å². The zero-order chi connectivity index (χ0) is 35.4. The van der Waals surface area contributed by atoms with Crippen LogP contribution in [0.2, 0.25) is 0 Å².